The predicted molar refractivity (Wildman–Crippen MR) is 81.8 cm³/mol. The number of hydrogen-bond donors (Lipinski definition) is 1. The van der Waals surface area contributed by atoms with E-state index in [9.17, 15) is 0 Å². The standard InChI is InChI=1S/C17H28N2O/c1-13(2)18-11-14-5-4-9-19(12-14)16-6-3-7-17-15(16)8-10-20-17/h8,10,13-14,16,18H,3-7,9,11-12H2,1-2H3. The summed E-state index contributed by atoms with van der Waals surface area (Å²) < 4.78 is 5.64. The van der Waals surface area contributed by atoms with Crippen LogP contribution >= 0.6 is 0 Å². The minimum absolute atomic E-state index is 0.598. The molecule has 1 fully saturated rings. The van der Waals surface area contributed by atoms with E-state index in [1.165, 1.54) is 56.6 Å². The van der Waals surface area contributed by atoms with Crippen molar-refractivity contribution in [1.29, 1.82) is 0 Å². The molecule has 1 aliphatic carbocycles. The van der Waals surface area contributed by atoms with Crippen LogP contribution in [0.2, 0.25) is 0 Å². The van der Waals surface area contributed by atoms with E-state index in [0.717, 1.165) is 12.3 Å². The minimum atomic E-state index is 0.598. The van der Waals surface area contributed by atoms with Gasteiger partial charge in [-0.25, -0.2) is 0 Å². The van der Waals surface area contributed by atoms with Crippen molar-refractivity contribution in [2.24, 2.45) is 5.92 Å². The highest BCUT2D eigenvalue weighted by molar-refractivity contribution is 5.24. The Morgan fingerprint density at radius 1 is 1.35 bits per heavy atom. The highest BCUT2D eigenvalue weighted by Crippen LogP contribution is 2.37. The number of hydrogen-bond acceptors (Lipinski definition) is 3. The number of piperidine rings is 1. The number of nitrogens with zero attached hydrogens (tertiary/aromatic N) is 1. The lowest BCUT2D eigenvalue weighted by Crippen LogP contribution is -2.43. The zero-order chi connectivity index (χ0) is 13.9. The van der Waals surface area contributed by atoms with Crippen molar-refractivity contribution in [3.8, 4) is 0 Å². The zero-order valence-electron chi connectivity index (χ0n) is 12.9. The second-order valence-corrected chi connectivity index (χ2v) is 6.77. The smallest absolute Gasteiger partial charge is 0.108 e. The highest BCUT2D eigenvalue weighted by Gasteiger charge is 2.31. The van der Waals surface area contributed by atoms with E-state index < -0.39 is 0 Å². The van der Waals surface area contributed by atoms with Crippen LogP contribution in [0.3, 0.4) is 0 Å². The third-order valence-corrected chi connectivity index (χ3v) is 4.83. The Labute approximate surface area is 122 Å². The van der Waals surface area contributed by atoms with Gasteiger partial charge in [-0.2, -0.15) is 0 Å². The van der Waals surface area contributed by atoms with Crippen molar-refractivity contribution in [3.63, 3.8) is 0 Å². The lowest BCUT2D eigenvalue weighted by molar-refractivity contribution is 0.108. The monoisotopic (exact) mass is 276 g/mol. The first-order valence-electron chi connectivity index (χ1n) is 8.27. The van der Waals surface area contributed by atoms with Crippen LogP contribution in [0.15, 0.2) is 16.7 Å². The van der Waals surface area contributed by atoms with E-state index in [1.54, 1.807) is 0 Å². The molecule has 2 heterocycles. The molecule has 1 aromatic rings. The van der Waals surface area contributed by atoms with Gasteiger partial charge in [0, 0.05) is 30.6 Å². The average Bonchev–Trinajstić information content (AvgIpc) is 2.93. The summed E-state index contributed by atoms with van der Waals surface area (Å²) in [6.45, 7) is 8.14. The summed E-state index contributed by atoms with van der Waals surface area (Å²) >= 11 is 0. The Balaban J connectivity index is 1.63. The summed E-state index contributed by atoms with van der Waals surface area (Å²) in [6.07, 6.45) is 8.30. The maximum atomic E-state index is 5.64. The minimum Gasteiger partial charge on any atom is -0.469 e. The molecular weight excluding hydrogens is 248 g/mol. The third-order valence-electron chi connectivity index (χ3n) is 4.83. The molecular formula is C17H28N2O. The van der Waals surface area contributed by atoms with Gasteiger partial charge in [-0.05, 0) is 50.8 Å². The number of fused-ring (bicyclic) bond motifs is 1. The summed E-state index contributed by atoms with van der Waals surface area (Å²) in [6, 6.07) is 3.41. The topological polar surface area (TPSA) is 28.4 Å². The van der Waals surface area contributed by atoms with Gasteiger partial charge in [-0.1, -0.05) is 13.8 Å². The van der Waals surface area contributed by atoms with Gasteiger partial charge in [0.05, 0.1) is 6.26 Å². The van der Waals surface area contributed by atoms with Gasteiger partial charge in [0.25, 0.3) is 0 Å². The van der Waals surface area contributed by atoms with Gasteiger partial charge in [-0.15, -0.1) is 0 Å². The molecule has 0 bridgehead atoms. The van der Waals surface area contributed by atoms with E-state index in [1.807, 2.05) is 6.26 Å². The molecule has 1 aromatic heterocycles. The molecule has 0 spiro atoms. The lowest BCUT2D eigenvalue weighted by atomic mass is 9.89. The van der Waals surface area contributed by atoms with E-state index >= 15 is 0 Å². The first-order chi connectivity index (χ1) is 9.74. The molecule has 3 nitrogen and oxygen atoms in total. The van der Waals surface area contributed by atoms with E-state index in [0.29, 0.717) is 12.1 Å². The van der Waals surface area contributed by atoms with E-state index in [4.69, 9.17) is 4.42 Å². The van der Waals surface area contributed by atoms with Crippen molar-refractivity contribution in [2.75, 3.05) is 19.6 Å². The van der Waals surface area contributed by atoms with Gasteiger partial charge in [0.2, 0.25) is 0 Å². The second kappa shape index (κ2) is 6.31. The Bertz CT molecular complexity index is 426. The van der Waals surface area contributed by atoms with Crippen molar-refractivity contribution >= 4 is 0 Å². The van der Waals surface area contributed by atoms with Crippen LogP contribution < -0.4 is 5.32 Å². The van der Waals surface area contributed by atoms with Crippen molar-refractivity contribution in [1.82, 2.24) is 10.2 Å². The Hall–Kier alpha value is -0.800. The molecule has 112 valence electrons. The number of furan rings is 1. The van der Waals surface area contributed by atoms with Crippen molar-refractivity contribution in [2.45, 2.75) is 58.0 Å². The van der Waals surface area contributed by atoms with Crippen LogP contribution in [-0.4, -0.2) is 30.6 Å². The molecule has 2 aliphatic rings. The molecule has 3 heteroatoms. The molecule has 0 amide bonds. The van der Waals surface area contributed by atoms with Crippen LogP contribution in [0.4, 0.5) is 0 Å². The quantitative estimate of drug-likeness (QED) is 0.914. The van der Waals surface area contributed by atoms with Crippen LogP contribution in [0.25, 0.3) is 0 Å². The fourth-order valence-electron chi connectivity index (χ4n) is 3.79. The zero-order valence-corrected chi connectivity index (χ0v) is 12.9. The predicted octanol–water partition coefficient (Wildman–Crippen LogP) is 3.37. The van der Waals surface area contributed by atoms with Crippen LogP contribution in [0, 0.1) is 5.92 Å². The molecule has 20 heavy (non-hydrogen) atoms. The summed E-state index contributed by atoms with van der Waals surface area (Å²) in [5.41, 5.74) is 1.47. The molecule has 0 aromatic carbocycles. The van der Waals surface area contributed by atoms with E-state index in [-0.39, 0.29) is 0 Å². The normalized spacial score (nSPS) is 27.8. The largest absolute Gasteiger partial charge is 0.469 e. The molecule has 0 radical (unpaired) electrons. The molecule has 2 atom stereocenters. The number of rotatable bonds is 4. The fraction of sp³-hybridized carbons (Fsp3) is 0.765. The number of aryl methyl sites for hydroxylation is 1. The summed E-state index contributed by atoms with van der Waals surface area (Å²) in [4.78, 5) is 2.71. The molecule has 3 rings (SSSR count). The van der Waals surface area contributed by atoms with Crippen LogP contribution in [-0.2, 0) is 6.42 Å². The summed E-state index contributed by atoms with van der Waals surface area (Å²) in [5, 5.41) is 3.61. The molecule has 0 saturated carbocycles. The SMILES string of the molecule is CC(C)NCC1CCCN(C2CCCc3occc32)C1. The van der Waals surface area contributed by atoms with Gasteiger partial charge >= 0.3 is 0 Å². The lowest BCUT2D eigenvalue weighted by Gasteiger charge is -2.40. The summed E-state index contributed by atoms with van der Waals surface area (Å²) in [7, 11) is 0. The van der Waals surface area contributed by atoms with Crippen molar-refractivity contribution in [3.05, 3.63) is 23.7 Å². The highest BCUT2D eigenvalue weighted by atomic mass is 16.3. The van der Waals surface area contributed by atoms with Gasteiger partial charge < -0.3 is 9.73 Å². The Morgan fingerprint density at radius 3 is 3.10 bits per heavy atom. The Morgan fingerprint density at radius 2 is 2.25 bits per heavy atom. The molecule has 1 N–H and O–H groups in total. The van der Waals surface area contributed by atoms with Gasteiger partial charge in [-0.3, -0.25) is 4.90 Å². The molecule has 1 saturated heterocycles. The number of nitrogens with one attached hydrogen (secondary N) is 1. The van der Waals surface area contributed by atoms with Gasteiger partial charge in [0.1, 0.15) is 5.76 Å². The Kier molecular flexibility index (Phi) is 4.47. The first kappa shape index (κ1) is 14.2. The molecule has 1 aliphatic heterocycles. The van der Waals surface area contributed by atoms with Crippen molar-refractivity contribution < 1.29 is 4.42 Å². The van der Waals surface area contributed by atoms with Crippen LogP contribution in [0.5, 0.6) is 0 Å². The third kappa shape index (κ3) is 3.09. The van der Waals surface area contributed by atoms with Crippen LogP contribution in [0.1, 0.15) is 56.9 Å². The maximum absolute atomic E-state index is 5.64. The van der Waals surface area contributed by atoms with Gasteiger partial charge in [0.15, 0.2) is 0 Å². The fourth-order valence-corrected chi connectivity index (χ4v) is 3.79. The second-order valence-electron chi connectivity index (χ2n) is 6.77. The maximum Gasteiger partial charge on any atom is 0.108 e. The van der Waals surface area contributed by atoms with E-state index in [2.05, 4.69) is 30.1 Å². The molecule has 2 unspecified atom stereocenters. The first-order valence-corrected chi connectivity index (χ1v) is 8.27. The summed E-state index contributed by atoms with van der Waals surface area (Å²) in [5.74, 6) is 2.05. The number of likely N-dealkylation sites (tertiary alicyclic amines) is 1. The average molecular weight is 276 g/mol.